The monoisotopic (exact) mass is 175 g/mol. The number of hydrogen-bond acceptors (Lipinski definition) is 3. The van der Waals surface area contributed by atoms with Gasteiger partial charge in [0.2, 0.25) is 0 Å². The molecule has 1 N–H and O–H groups in total. The summed E-state index contributed by atoms with van der Waals surface area (Å²) in [6.07, 6.45) is 0. The molecule has 74 valence electrons. The summed E-state index contributed by atoms with van der Waals surface area (Å²) < 4.78 is 5.06. The van der Waals surface area contributed by atoms with Gasteiger partial charge in [-0.25, -0.2) is 0 Å². The molecule has 3 heteroatoms. The second-order valence-corrected chi connectivity index (χ2v) is 3.36. The van der Waals surface area contributed by atoms with Gasteiger partial charge in [-0.15, -0.1) is 0 Å². The van der Waals surface area contributed by atoms with E-state index < -0.39 is 0 Å². The molecule has 0 fully saturated rings. The topological polar surface area (TPSA) is 32.7 Å². The van der Waals surface area contributed by atoms with Crippen molar-refractivity contribution in [2.45, 2.75) is 32.9 Å². The first kappa shape index (κ1) is 11.9. The first-order valence-electron chi connectivity index (χ1n) is 4.49. The number of aliphatic hydroxyl groups excluding tert-OH is 1. The molecule has 0 aromatic rings. The Morgan fingerprint density at radius 2 is 1.92 bits per heavy atom. The van der Waals surface area contributed by atoms with E-state index in [1.165, 1.54) is 0 Å². The minimum Gasteiger partial charge on any atom is -0.395 e. The summed E-state index contributed by atoms with van der Waals surface area (Å²) in [4.78, 5) is 2.23. The van der Waals surface area contributed by atoms with Crippen molar-refractivity contribution in [2.24, 2.45) is 0 Å². The molecule has 0 amide bonds. The summed E-state index contributed by atoms with van der Waals surface area (Å²) in [7, 11) is 1.70. The third-order valence-corrected chi connectivity index (χ3v) is 2.00. The fourth-order valence-corrected chi connectivity index (χ4v) is 1.44. The lowest BCUT2D eigenvalue weighted by atomic mass is 10.2. The van der Waals surface area contributed by atoms with Gasteiger partial charge in [0.05, 0.1) is 13.2 Å². The van der Waals surface area contributed by atoms with Crippen LogP contribution in [0.4, 0.5) is 0 Å². The number of aliphatic hydroxyl groups is 1. The Morgan fingerprint density at radius 3 is 2.25 bits per heavy atom. The van der Waals surface area contributed by atoms with Crippen molar-refractivity contribution in [3.8, 4) is 0 Å². The predicted octanol–water partition coefficient (Wildman–Crippen LogP) is 0.724. The van der Waals surface area contributed by atoms with Crippen LogP contribution in [-0.2, 0) is 4.74 Å². The van der Waals surface area contributed by atoms with Crippen LogP contribution in [0.2, 0.25) is 0 Å². The number of ether oxygens (including phenoxy) is 1. The highest BCUT2D eigenvalue weighted by molar-refractivity contribution is 4.69. The van der Waals surface area contributed by atoms with Crippen molar-refractivity contribution in [3.05, 3.63) is 0 Å². The molecule has 0 aliphatic heterocycles. The summed E-state index contributed by atoms with van der Waals surface area (Å²) in [5.74, 6) is 0. The number of hydrogen-bond donors (Lipinski definition) is 1. The van der Waals surface area contributed by atoms with Crippen LogP contribution in [0.1, 0.15) is 20.8 Å². The highest BCUT2D eigenvalue weighted by Crippen LogP contribution is 2.04. The fraction of sp³-hybridized carbons (Fsp3) is 1.00. The average molecular weight is 175 g/mol. The summed E-state index contributed by atoms with van der Waals surface area (Å²) in [6.45, 7) is 8.02. The van der Waals surface area contributed by atoms with Crippen molar-refractivity contribution in [1.82, 2.24) is 4.90 Å². The Kier molecular flexibility index (Phi) is 6.34. The predicted molar refractivity (Wildman–Crippen MR) is 50.3 cm³/mol. The van der Waals surface area contributed by atoms with Gasteiger partial charge in [-0.05, 0) is 20.8 Å². The van der Waals surface area contributed by atoms with Gasteiger partial charge in [0.1, 0.15) is 0 Å². The number of methoxy groups -OCH3 is 1. The minimum atomic E-state index is 0.215. The molecular weight excluding hydrogens is 154 g/mol. The normalized spacial score (nSPS) is 14.2. The van der Waals surface area contributed by atoms with Crippen molar-refractivity contribution < 1.29 is 9.84 Å². The van der Waals surface area contributed by atoms with Gasteiger partial charge < -0.3 is 9.84 Å². The third kappa shape index (κ3) is 4.04. The lowest BCUT2D eigenvalue weighted by Gasteiger charge is -2.31. The van der Waals surface area contributed by atoms with E-state index in [1.54, 1.807) is 7.11 Å². The lowest BCUT2D eigenvalue weighted by molar-refractivity contribution is 0.0655. The van der Waals surface area contributed by atoms with Crippen LogP contribution in [0.25, 0.3) is 0 Å². The minimum absolute atomic E-state index is 0.215. The fourth-order valence-electron chi connectivity index (χ4n) is 1.44. The van der Waals surface area contributed by atoms with Gasteiger partial charge >= 0.3 is 0 Å². The van der Waals surface area contributed by atoms with Gasteiger partial charge in [-0.2, -0.15) is 0 Å². The smallest absolute Gasteiger partial charge is 0.0615 e. The zero-order chi connectivity index (χ0) is 9.56. The molecule has 1 unspecified atom stereocenters. The zero-order valence-electron chi connectivity index (χ0n) is 8.58. The summed E-state index contributed by atoms with van der Waals surface area (Å²) in [5, 5.41) is 8.82. The maximum atomic E-state index is 8.82. The number of rotatable bonds is 6. The van der Waals surface area contributed by atoms with E-state index in [2.05, 4.69) is 25.7 Å². The SMILES string of the molecule is COCC(C)N(CCO)C(C)C. The Labute approximate surface area is 75.3 Å². The molecule has 0 bridgehead atoms. The Hall–Kier alpha value is -0.120. The van der Waals surface area contributed by atoms with Crippen LogP contribution in [-0.4, -0.2) is 49.0 Å². The van der Waals surface area contributed by atoms with Gasteiger partial charge in [-0.3, -0.25) is 4.90 Å². The van der Waals surface area contributed by atoms with Gasteiger partial charge in [0.25, 0.3) is 0 Å². The first-order chi connectivity index (χ1) is 5.63. The van der Waals surface area contributed by atoms with Crippen molar-refractivity contribution in [3.63, 3.8) is 0 Å². The van der Waals surface area contributed by atoms with E-state index >= 15 is 0 Å². The van der Waals surface area contributed by atoms with Crippen molar-refractivity contribution in [1.29, 1.82) is 0 Å². The molecule has 3 nitrogen and oxygen atoms in total. The maximum absolute atomic E-state index is 8.82. The molecule has 0 heterocycles. The maximum Gasteiger partial charge on any atom is 0.0615 e. The highest BCUT2D eigenvalue weighted by Gasteiger charge is 2.15. The molecule has 1 atom stereocenters. The molecule has 12 heavy (non-hydrogen) atoms. The van der Waals surface area contributed by atoms with E-state index in [0.717, 1.165) is 13.2 Å². The van der Waals surface area contributed by atoms with Crippen LogP contribution >= 0.6 is 0 Å². The summed E-state index contributed by atoms with van der Waals surface area (Å²) in [6, 6.07) is 0.837. The van der Waals surface area contributed by atoms with Crippen LogP contribution in [0.5, 0.6) is 0 Å². The molecular formula is C9H21NO2. The van der Waals surface area contributed by atoms with E-state index in [1.807, 2.05) is 0 Å². The Bertz CT molecular complexity index is 107. The molecule has 0 rings (SSSR count). The molecule has 0 aliphatic rings. The lowest BCUT2D eigenvalue weighted by Crippen LogP contribution is -2.42. The summed E-state index contributed by atoms with van der Waals surface area (Å²) in [5.41, 5.74) is 0. The van der Waals surface area contributed by atoms with E-state index in [9.17, 15) is 0 Å². The third-order valence-electron chi connectivity index (χ3n) is 2.00. The van der Waals surface area contributed by atoms with Crippen molar-refractivity contribution >= 4 is 0 Å². The van der Waals surface area contributed by atoms with E-state index in [0.29, 0.717) is 12.1 Å². The van der Waals surface area contributed by atoms with Gasteiger partial charge in [0.15, 0.2) is 0 Å². The molecule has 0 aliphatic carbocycles. The second-order valence-electron chi connectivity index (χ2n) is 3.36. The van der Waals surface area contributed by atoms with Gasteiger partial charge in [-0.1, -0.05) is 0 Å². The standard InChI is InChI=1S/C9H21NO2/c1-8(2)10(5-6-11)9(3)7-12-4/h8-9,11H,5-7H2,1-4H3. The van der Waals surface area contributed by atoms with Crippen LogP contribution in [0, 0.1) is 0 Å². The molecule has 0 saturated heterocycles. The van der Waals surface area contributed by atoms with Crippen molar-refractivity contribution in [2.75, 3.05) is 26.9 Å². The molecule has 0 saturated carbocycles. The van der Waals surface area contributed by atoms with E-state index in [4.69, 9.17) is 9.84 Å². The number of nitrogens with zero attached hydrogens (tertiary/aromatic N) is 1. The Balaban J connectivity index is 3.90. The van der Waals surface area contributed by atoms with E-state index in [-0.39, 0.29) is 6.61 Å². The van der Waals surface area contributed by atoms with Crippen LogP contribution < -0.4 is 0 Å². The average Bonchev–Trinajstić information content (AvgIpc) is 1.99. The largest absolute Gasteiger partial charge is 0.395 e. The molecule has 0 radical (unpaired) electrons. The van der Waals surface area contributed by atoms with Gasteiger partial charge in [0, 0.05) is 25.7 Å². The first-order valence-corrected chi connectivity index (χ1v) is 4.49. The highest BCUT2D eigenvalue weighted by atomic mass is 16.5. The molecule has 0 aromatic heterocycles. The molecule has 0 aromatic carbocycles. The quantitative estimate of drug-likeness (QED) is 0.646. The summed E-state index contributed by atoms with van der Waals surface area (Å²) >= 11 is 0. The zero-order valence-corrected chi connectivity index (χ0v) is 8.58. The van der Waals surface area contributed by atoms with Crippen LogP contribution in [0.3, 0.4) is 0 Å². The molecule has 0 spiro atoms. The second kappa shape index (κ2) is 6.40. The van der Waals surface area contributed by atoms with Crippen LogP contribution in [0.15, 0.2) is 0 Å². The Morgan fingerprint density at radius 1 is 1.33 bits per heavy atom.